The Bertz CT molecular complexity index is 220. The van der Waals surface area contributed by atoms with Gasteiger partial charge in [-0.2, -0.15) is 0 Å². The minimum Gasteiger partial charge on any atom is -0.481 e. The Hall–Kier alpha value is -0.610. The highest BCUT2D eigenvalue weighted by molar-refractivity contribution is 5.67. The van der Waals surface area contributed by atoms with Crippen LogP contribution in [0.3, 0.4) is 0 Å². The predicted molar refractivity (Wildman–Crippen MR) is 62.3 cm³/mol. The molecule has 1 aliphatic rings. The topological polar surface area (TPSA) is 69.6 Å². The molecule has 1 fully saturated rings. The van der Waals surface area contributed by atoms with E-state index >= 15 is 0 Å². The van der Waals surface area contributed by atoms with Crippen molar-refractivity contribution in [3.05, 3.63) is 0 Å². The summed E-state index contributed by atoms with van der Waals surface area (Å²) in [5.41, 5.74) is 0. The van der Waals surface area contributed by atoms with E-state index in [1.54, 1.807) is 0 Å². The molecule has 0 heterocycles. The van der Waals surface area contributed by atoms with Crippen molar-refractivity contribution >= 4 is 5.97 Å². The van der Waals surface area contributed by atoms with Crippen molar-refractivity contribution < 1.29 is 15.0 Å². The third-order valence-electron chi connectivity index (χ3n) is 3.39. The number of aliphatic hydroxyl groups is 1. The Kier molecular flexibility index (Phi) is 5.77. The Morgan fingerprint density at radius 1 is 1.38 bits per heavy atom. The Morgan fingerprint density at radius 2 is 2.06 bits per heavy atom. The van der Waals surface area contributed by atoms with Crippen molar-refractivity contribution in [1.82, 2.24) is 5.32 Å². The van der Waals surface area contributed by atoms with Gasteiger partial charge >= 0.3 is 5.97 Å². The lowest BCUT2D eigenvalue weighted by atomic mass is 9.97. The molecule has 0 aliphatic heterocycles. The molecule has 0 amide bonds. The lowest BCUT2D eigenvalue weighted by Crippen LogP contribution is -2.39. The molecule has 0 aromatic heterocycles. The largest absolute Gasteiger partial charge is 0.481 e. The number of carboxylic acid groups (broad SMARTS) is 1. The van der Waals surface area contributed by atoms with Gasteiger partial charge in [0, 0.05) is 12.6 Å². The zero-order valence-corrected chi connectivity index (χ0v) is 9.98. The van der Waals surface area contributed by atoms with E-state index in [9.17, 15) is 9.90 Å². The van der Waals surface area contributed by atoms with Crippen LogP contribution in [-0.4, -0.2) is 34.9 Å². The smallest absolute Gasteiger partial charge is 0.306 e. The van der Waals surface area contributed by atoms with E-state index in [-0.39, 0.29) is 6.42 Å². The maximum Gasteiger partial charge on any atom is 0.306 e. The summed E-state index contributed by atoms with van der Waals surface area (Å²) in [5.74, 6) is -0.317. The molecule has 0 aromatic carbocycles. The fourth-order valence-corrected chi connectivity index (χ4v) is 2.36. The van der Waals surface area contributed by atoms with E-state index in [0.717, 1.165) is 6.42 Å². The van der Waals surface area contributed by atoms with Crippen LogP contribution in [0, 0.1) is 5.92 Å². The number of aliphatic hydroxyl groups excluding tert-OH is 1. The molecule has 3 N–H and O–H groups in total. The first-order chi connectivity index (χ1) is 7.59. The van der Waals surface area contributed by atoms with Crippen LogP contribution < -0.4 is 5.32 Å². The zero-order chi connectivity index (χ0) is 12.0. The summed E-state index contributed by atoms with van der Waals surface area (Å²) in [5, 5.41) is 21.3. The molecule has 4 nitrogen and oxygen atoms in total. The molecule has 1 rings (SSSR count). The summed E-state index contributed by atoms with van der Waals surface area (Å²) in [6.07, 6.45) is 5.24. The standard InChI is InChI=1S/C12H23NO3/c1-9-5-3-2-4-6-11(9)13-8-10(14)7-12(15)16/h9-11,13-14H,2-8H2,1H3,(H,15,16). The SMILES string of the molecule is CC1CCCCCC1NCC(O)CC(=O)O. The zero-order valence-electron chi connectivity index (χ0n) is 9.98. The molecular weight excluding hydrogens is 206 g/mol. The number of carbonyl (C=O) groups is 1. The van der Waals surface area contributed by atoms with Crippen LogP contribution in [0.5, 0.6) is 0 Å². The fraction of sp³-hybridized carbons (Fsp3) is 0.917. The number of aliphatic carboxylic acids is 1. The number of rotatable bonds is 5. The molecule has 3 atom stereocenters. The van der Waals surface area contributed by atoms with Gasteiger partial charge in [0.1, 0.15) is 0 Å². The van der Waals surface area contributed by atoms with Crippen LogP contribution in [0.15, 0.2) is 0 Å². The molecule has 0 bridgehead atoms. The van der Waals surface area contributed by atoms with Crippen LogP contribution in [0.1, 0.15) is 45.4 Å². The van der Waals surface area contributed by atoms with E-state index in [1.165, 1.54) is 25.7 Å². The normalized spacial score (nSPS) is 28.4. The number of carboxylic acids is 1. The van der Waals surface area contributed by atoms with E-state index in [0.29, 0.717) is 18.5 Å². The molecule has 94 valence electrons. The molecule has 0 aromatic rings. The summed E-state index contributed by atoms with van der Waals surface area (Å²) in [4.78, 5) is 10.4. The van der Waals surface area contributed by atoms with Crippen molar-refractivity contribution in [3.63, 3.8) is 0 Å². The van der Waals surface area contributed by atoms with Gasteiger partial charge in [0.05, 0.1) is 12.5 Å². The number of nitrogens with one attached hydrogen (secondary N) is 1. The van der Waals surface area contributed by atoms with Crippen LogP contribution in [0.2, 0.25) is 0 Å². The molecule has 0 radical (unpaired) electrons. The molecule has 4 heteroatoms. The number of hydrogen-bond acceptors (Lipinski definition) is 3. The molecule has 16 heavy (non-hydrogen) atoms. The van der Waals surface area contributed by atoms with Crippen molar-refractivity contribution in [2.45, 2.75) is 57.6 Å². The van der Waals surface area contributed by atoms with Gasteiger partial charge in [0.2, 0.25) is 0 Å². The van der Waals surface area contributed by atoms with Gasteiger partial charge < -0.3 is 15.5 Å². The second-order valence-electron chi connectivity index (χ2n) is 4.88. The summed E-state index contributed by atoms with van der Waals surface area (Å²) >= 11 is 0. The van der Waals surface area contributed by atoms with Crippen molar-refractivity contribution in [1.29, 1.82) is 0 Å². The van der Waals surface area contributed by atoms with E-state index < -0.39 is 12.1 Å². The minimum absolute atomic E-state index is 0.173. The molecule has 0 saturated heterocycles. The van der Waals surface area contributed by atoms with Crippen molar-refractivity contribution in [2.24, 2.45) is 5.92 Å². The van der Waals surface area contributed by atoms with Crippen molar-refractivity contribution in [3.8, 4) is 0 Å². The first-order valence-corrected chi connectivity index (χ1v) is 6.23. The van der Waals surface area contributed by atoms with Gasteiger partial charge in [-0.1, -0.05) is 26.2 Å². The average Bonchev–Trinajstić information content (AvgIpc) is 2.39. The lowest BCUT2D eigenvalue weighted by molar-refractivity contribution is -0.139. The highest BCUT2D eigenvalue weighted by Crippen LogP contribution is 2.22. The van der Waals surface area contributed by atoms with Gasteiger partial charge in [-0.3, -0.25) is 4.79 Å². The van der Waals surface area contributed by atoms with Gasteiger partial charge in [-0.05, 0) is 18.8 Å². The van der Waals surface area contributed by atoms with Gasteiger partial charge in [0.25, 0.3) is 0 Å². The maximum absolute atomic E-state index is 10.4. The maximum atomic E-state index is 10.4. The van der Waals surface area contributed by atoms with E-state index in [4.69, 9.17) is 5.11 Å². The first-order valence-electron chi connectivity index (χ1n) is 6.23. The second-order valence-corrected chi connectivity index (χ2v) is 4.88. The van der Waals surface area contributed by atoms with Gasteiger partial charge in [-0.15, -0.1) is 0 Å². The highest BCUT2D eigenvalue weighted by Gasteiger charge is 2.20. The molecule has 1 aliphatic carbocycles. The van der Waals surface area contributed by atoms with E-state index in [1.807, 2.05) is 0 Å². The number of hydrogen-bond donors (Lipinski definition) is 3. The summed E-state index contributed by atoms with van der Waals surface area (Å²) < 4.78 is 0. The summed E-state index contributed by atoms with van der Waals surface area (Å²) in [7, 11) is 0. The Balaban J connectivity index is 2.26. The second kappa shape index (κ2) is 6.86. The molecule has 0 spiro atoms. The Morgan fingerprint density at radius 3 is 2.75 bits per heavy atom. The van der Waals surface area contributed by atoms with Gasteiger partial charge in [0.15, 0.2) is 0 Å². The van der Waals surface area contributed by atoms with Crippen molar-refractivity contribution in [2.75, 3.05) is 6.54 Å². The third kappa shape index (κ3) is 4.94. The van der Waals surface area contributed by atoms with Crippen LogP contribution >= 0.6 is 0 Å². The van der Waals surface area contributed by atoms with Crippen LogP contribution in [0.4, 0.5) is 0 Å². The third-order valence-corrected chi connectivity index (χ3v) is 3.39. The fourth-order valence-electron chi connectivity index (χ4n) is 2.36. The quantitative estimate of drug-likeness (QED) is 0.623. The molecule has 3 unspecified atom stereocenters. The predicted octanol–water partition coefficient (Wildman–Crippen LogP) is 1.38. The summed E-state index contributed by atoms with van der Waals surface area (Å²) in [6.45, 7) is 2.62. The van der Waals surface area contributed by atoms with Gasteiger partial charge in [-0.25, -0.2) is 0 Å². The monoisotopic (exact) mass is 229 g/mol. The van der Waals surface area contributed by atoms with Crippen LogP contribution in [0.25, 0.3) is 0 Å². The minimum atomic E-state index is -0.941. The lowest BCUT2D eigenvalue weighted by Gasteiger charge is -2.24. The molecular formula is C12H23NO3. The van der Waals surface area contributed by atoms with E-state index in [2.05, 4.69) is 12.2 Å². The average molecular weight is 229 g/mol. The highest BCUT2D eigenvalue weighted by atomic mass is 16.4. The first kappa shape index (κ1) is 13.5. The Labute approximate surface area is 97.0 Å². The molecule has 1 saturated carbocycles. The van der Waals surface area contributed by atoms with Crippen LogP contribution in [-0.2, 0) is 4.79 Å². The summed E-state index contributed by atoms with van der Waals surface area (Å²) in [6, 6.07) is 0.436.